The van der Waals surface area contributed by atoms with Crippen molar-refractivity contribution in [1.82, 2.24) is 4.90 Å². The largest absolute Gasteiger partial charge is 0.444 e. The van der Waals surface area contributed by atoms with Crippen LogP contribution in [0.15, 0.2) is 18.2 Å². The number of ether oxygens (including phenoxy) is 1. The highest BCUT2D eigenvalue weighted by Gasteiger charge is 2.35. The number of carbonyl (C=O) groups is 1. The van der Waals surface area contributed by atoms with Gasteiger partial charge in [0.15, 0.2) is 0 Å². The Morgan fingerprint density at radius 1 is 1.32 bits per heavy atom. The number of nitrogens with zero attached hydrogens (tertiary/aromatic N) is 2. The van der Waals surface area contributed by atoms with Crippen LogP contribution in [0.4, 0.5) is 10.5 Å². The second-order valence-electron chi connectivity index (χ2n) is 7.09. The quantitative estimate of drug-likeness (QED) is 0.658. The summed E-state index contributed by atoms with van der Waals surface area (Å²) in [6, 6.07) is 7.07. The molecule has 0 N–H and O–H groups in total. The molecule has 1 unspecified atom stereocenters. The minimum Gasteiger partial charge on any atom is -0.444 e. The Hall–Kier alpha value is -0.980. The Morgan fingerprint density at radius 3 is 2.82 bits per heavy atom. The maximum Gasteiger partial charge on any atom is 0.410 e. The third kappa shape index (κ3) is 3.34. The molecule has 1 amide bonds. The molecule has 4 nitrogen and oxygen atoms in total. The SMILES string of the molecule is CC(C)(C)OC(=O)N1CCC(N2CCc3cc(I)ccc32)C1. The lowest BCUT2D eigenvalue weighted by atomic mass is 10.1. The summed E-state index contributed by atoms with van der Waals surface area (Å²) in [6.45, 7) is 8.35. The van der Waals surface area contributed by atoms with E-state index in [1.165, 1.54) is 14.8 Å². The summed E-state index contributed by atoms with van der Waals surface area (Å²) in [4.78, 5) is 16.5. The Morgan fingerprint density at radius 2 is 2.09 bits per heavy atom. The van der Waals surface area contributed by atoms with Crippen LogP contribution in [-0.2, 0) is 11.2 Å². The number of halogens is 1. The van der Waals surface area contributed by atoms with Gasteiger partial charge >= 0.3 is 6.09 Å². The van der Waals surface area contributed by atoms with Gasteiger partial charge in [0.05, 0.1) is 0 Å². The molecule has 1 fully saturated rings. The zero-order chi connectivity index (χ0) is 15.9. The van der Waals surface area contributed by atoms with Gasteiger partial charge in [-0.3, -0.25) is 0 Å². The molecule has 0 aliphatic carbocycles. The number of benzene rings is 1. The Kier molecular flexibility index (Phi) is 4.27. The molecule has 0 saturated carbocycles. The Bertz CT molecular complexity index is 583. The fraction of sp³-hybridized carbons (Fsp3) is 0.588. The highest BCUT2D eigenvalue weighted by molar-refractivity contribution is 14.1. The van der Waals surface area contributed by atoms with Gasteiger partial charge in [-0.2, -0.15) is 0 Å². The smallest absolute Gasteiger partial charge is 0.410 e. The number of amides is 1. The van der Waals surface area contributed by atoms with Crippen molar-refractivity contribution in [3.63, 3.8) is 0 Å². The van der Waals surface area contributed by atoms with Gasteiger partial charge in [-0.15, -0.1) is 0 Å². The van der Waals surface area contributed by atoms with Crippen molar-refractivity contribution in [3.05, 3.63) is 27.3 Å². The molecule has 0 aromatic heterocycles. The van der Waals surface area contributed by atoms with Crippen molar-refractivity contribution in [2.45, 2.75) is 45.3 Å². The molecule has 2 heterocycles. The van der Waals surface area contributed by atoms with Crippen LogP contribution in [0.3, 0.4) is 0 Å². The molecule has 2 aliphatic heterocycles. The van der Waals surface area contributed by atoms with Crippen molar-refractivity contribution in [2.75, 3.05) is 24.5 Å². The van der Waals surface area contributed by atoms with E-state index in [0.717, 1.165) is 32.5 Å². The molecule has 2 aliphatic rings. The summed E-state index contributed by atoms with van der Waals surface area (Å²) >= 11 is 2.36. The maximum atomic E-state index is 12.2. The summed E-state index contributed by atoms with van der Waals surface area (Å²) in [5.74, 6) is 0. The van der Waals surface area contributed by atoms with Gasteiger partial charge in [-0.05, 0) is 80.0 Å². The lowest BCUT2D eigenvalue weighted by Crippen LogP contribution is -2.40. The first kappa shape index (κ1) is 15.9. The number of fused-ring (bicyclic) bond motifs is 1. The van der Waals surface area contributed by atoms with Gasteiger partial charge in [-0.1, -0.05) is 0 Å². The van der Waals surface area contributed by atoms with E-state index in [1.54, 1.807) is 0 Å². The molecule has 1 atom stereocenters. The Balaban J connectivity index is 1.66. The predicted octanol–water partition coefficient (Wildman–Crippen LogP) is 3.66. The third-order valence-electron chi connectivity index (χ3n) is 4.23. The van der Waals surface area contributed by atoms with Crippen molar-refractivity contribution < 1.29 is 9.53 Å². The number of carbonyl (C=O) groups excluding carboxylic acids is 1. The molecule has 22 heavy (non-hydrogen) atoms. The average molecular weight is 414 g/mol. The summed E-state index contributed by atoms with van der Waals surface area (Å²) in [6.07, 6.45) is 1.94. The van der Waals surface area contributed by atoms with Crippen LogP contribution < -0.4 is 4.90 Å². The molecule has 0 bridgehead atoms. The van der Waals surface area contributed by atoms with Gasteiger partial charge in [0.2, 0.25) is 0 Å². The van der Waals surface area contributed by atoms with Gasteiger partial charge in [-0.25, -0.2) is 4.79 Å². The van der Waals surface area contributed by atoms with Crippen LogP contribution in [0.25, 0.3) is 0 Å². The van der Waals surface area contributed by atoms with E-state index >= 15 is 0 Å². The molecule has 1 saturated heterocycles. The van der Waals surface area contributed by atoms with E-state index in [9.17, 15) is 4.79 Å². The number of likely N-dealkylation sites (tertiary alicyclic amines) is 1. The highest BCUT2D eigenvalue weighted by atomic mass is 127. The second kappa shape index (κ2) is 5.91. The first-order chi connectivity index (χ1) is 10.3. The molecule has 1 aromatic carbocycles. The van der Waals surface area contributed by atoms with Crippen molar-refractivity contribution in [2.24, 2.45) is 0 Å². The van der Waals surface area contributed by atoms with E-state index in [1.807, 2.05) is 25.7 Å². The topological polar surface area (TPSA) is 32.8 Å². The van der Waals surface area contributed by atoms with Gasteiger partial charge in [0.25, 0.3) is 0 Å². The van der Waals surface area contributed by atoms with Crippen molar-refractivity contribution in [3.8, 4) is 0 Å². The minimum absolute atomic E-state index is 0.183. The third-order valence-corrected chi connectivity index (χ3v) is 4.90. The number of hydrogen-bond donors (Lipinski definition) is 0. The maximum absolute atomic E-state index is 12.2. The monoisotopic (exact) mass is 414 g/mol. The summed E-state index contributed by atoms with van der Waals surface area (Å²) in [7, 11) is 0. The molecule has 3 rings (SSSR count). The molecule has 0 radical (unpaired) electrons. The van der Waals surface area contributed by atoms with E-state index in [2.05, 4.69) is 45.7 Å². The molecule has 0 spiro atoms. The molecule has 120 valence electrons. The fourth-order valence-corrected chi connectivity index (χ4v) is 3.82. The van der Waals surface area contributed by atoms with Crippen LogP contribution in [0.5, 0.6) is 0 Å². The minimum atomic E-state index is -0.425. The predicted molar refractivity (Wildman–Crippen MR) is 96.4 cm³/mol. The van der Waals surface area contributed by atoms with Crippen LogP contribution in [0, 0.1) is 3.57 Å². The first-order valence-electron chi connectivity index (χ1n) is 7.86. The highest BCUT2D eigenvalue weighted by Crippen LogP contribution is 2.33. The second-order valence-corrected chi connectivity index (χ2v) is 8.33. The van der Waals surface area contributed by atoms with Crippen LogP contribution in [-0.4, -0.2) is 42.3 Å². The van der Waals surface area contributed by atoms with Gasteiger partial charge < -0.3 is 14.5 Å². The van der Waals surface area contributed by atoms with Gasteiger partial charge in [0, 0.05) is 34.9 Å². The van der Waals surface area contributed by atoms with Gasteiger partial charge in [0.1, 0.15) is 5.60 Å². The van der Waals surface area contributed by atoms with E-state index in [-0.39, 0.29) is 6.09 Å². The lowest BCUT2D eigenvalue weighted by Gasteiger charge is -2.28. The fourth-order valence-electron chi connectivity index (χ4n) is 3.26. The standard InChI is InChI=1S/C17H23IN2O2/c1-17(2,3)22-16(21)19-8-7-14(11-19)20-9-6-12-10-13(18)4-5-15(12)20/h4-5,10,14H,6-9,11H2,1-3H3. The number of rotatable bonds is 1. The normalized spacial score (nSPS) is 21.2. The summed E-state index contributed by atoms with van der Waals surface area (Å²) in [5.41, 5.74) is 2.35. The molecule has 5 heteroatoms. The molecular formula is C17H23IN2O2. The van der Waals surface area contributed by atoms with E-state index in [4.69, 9.17) is 4.74 Å². The van der Waals surface area contributed by atoms with Crippen LogP contribution in [0.1, 0.15) is 32.8 Å². The lowest BCUT2D eigenvalue weighted by molar-refractivity contribution is 0.0292. The van der Waals surface area contributed by atoms with Crippen molar-refractivity contribution in [1.29, 1.82) is 0 Å². The summed E-state index contributed by atoms with van der Waals surface area (Å²) < 4.78 is 6.78. The number of anilines is 1. The zero-order valence-corrected chi connectivity index (χ0v) is 15.6. The Labute approximate surface area is 145 Å². The first-order valence-corrected chi connectivity index (χ1v) is 8.94. The van der Waals surface area contributed by atoms with Crippen molar-refractivity contribution >= 4 is 34.4 Å². The summed E-state index contributed by atoms with van der Waals surface area (Å²) in [5, 5.41) is 0. The zero-order valence-electron chi connectivity index (χ0n) is 13.4. The van der Waals surface area contributed by atoms with Crippen LogP contribution in [0.2, 0.25) is 0 Å². The molecular weight excluding hydrogens is 391 g/mol. The van der Waals surface area contributed by atoms with Crippen LogP contribution >= 0.6 is 22.6 Å². The van der Waals surface area contributed by atoms with E-state index in [0.29, 0.717) is 6.04 Å². The van der Waals surface area contributed by atoms with E-state index < -0.39 is 5.60 Å². The molecule has 1 aromatic rings. The average Bonchev–Trinajstić information content (AvgIpc) is 3.01. The number of hydrogen-bond acceptors (Lipinski definition) is 3.